The van der Waals surface area contributed by atoms with Crippen LogP contribution in [0.1, 0.15) is 42.3 Å². The van der Waals surface area contributed by atoms with Gasteiger partial charge in [0.1, 0.15) is 0 Å². The van der Waals surface area contributed by atoms with Gasteiger partial charge < -0.3 is 15.2 Å². The fraction of sp³-hybridized carbons (Fsp3) is 0.214. The van der Waals surface area contributed by atoms with Crippen LogP contribution in [0.3, 0.4) is 0 Å². The van der Waals surface area contributed by atoms with Crippen molar-refractivity contribution < 1.29 is 4.79 Å². The normalized spacial score (nSPS) is 11.2. The van der Waals surface area contributed by atoms with Crippen LogP contribution in [0.15, 0.2) is 78.0 Å². The molecule has 2 heterocycles. The molecule has 0 bridgehead atoms. The third kappa shape index (κ3) is 5.30. The summed E-state index contributed by atoms with van der Waals surface area (Å²) in [4.78, 5) is 34.2. The first kappa shape index (κ1) is 23.9. The number of aryl methyl sites for hydroxylation is 1. The van der Waals surface area contributed by atoms with Crippen molar-refractivity contribution in [2.24, 2.45) is 7.05 Å². The van der Waals surface area contributed by atoms with Gasteiger partial charge in [0.05, 0.1) is 5.69 Å². The summed E-state index contributed by atoms with van der Waals surface area (Å²) >= 11 is 0. The minimum Gasteiger partial charge on any atom is -0.335 e. The van der Waals surface area contributed by atoms with Gasteiger partial charge in [0.2, 0.25) is 0 Å². The number of benzene rings is 2. The van der Waals surface area contributed by atoms with Crippen molar-refractivity contribution in [1.29, 1.82) is 0 Å². The summed E-state index contributed by atoms with van der Waals surface area (Å²) in [6, 6.07) is 16.9. The summed E-state index contributed by atoms with van der Waals surface area (Å²) in [5.74, 6) is 0.0307. The molecule has 2 aromatic carbocycles. The number of rotatable bonds is 5. The highest BCUT2D eigenvalue weighted by Crippen LogP contribution is 2.28. The molecule has 2 N–H and O–H groups in total. The molecule has 0 saturated heterocycles. The SMILES string of the molecule is Cc1c(NC(=O)c2ccc(C(C)(C)C)cc2)cccc1-c1cn(C)c(=O)c(Nc2ccncc2)n1. The van der Waals surface area contributed by atoms with Crippen molar-refractivity contribution in [3.8, 4) is 11.3 Å². The van der Waals surface area contributed by atoms with Gasteiger partial charge in [-0.2, -0.15) is 0 Å². The highest BCUT2D eigenvalue weighted by atomic mass is 16.1. The summed E-state index contributed by atoms with van der Waals surface area (Å²) < 4.78 is 1.49. The Hall–Kier alpha value is -4.26. The number of pyridine rings is 1. The van der Waals surface area contributed by atoms with Gasteiger partial charge in [-0.15, -0.1) is 0 Å². The second-order valence-electron chi connectivity index (χ2n) is 9.51. The van der Waals surface area contributed by atoms with Crippen molar-refractivity contribution >= 4 is 23.1 Å². The molecule has 35 heavy (non-hydrogen) atoms. The molecule has 2 aromatic heterocycles. The van der Waals surface area contributed by atoms with Gasteiger partial charge in [-0.25, -0.2) is 4.98 Å². The zero-order valence-corrected chi connectivity index (χ0v) is 20.6. The summed E-state index contributed by atoms with van der Waals surface area (Å²) in [6.07, 6.45) is 4.98. The van der Waals surface area contributed by atoms with Gasteiger partial charge in [-0.05, 0) is 53.8 Å². The highest BCUT2D eigenvalue weighted by Gasteiger charge is 2.16. The first-order valence-corrected chi connectivity index (χ1v) is 11.4. The monoisotopic (exact) mass is 467 g/mol. The van der Waals surface area contributed by atoms with Gasteiger partial charge in [-0.1, -0.05) is 45.0 Å². The van der Waals surface area contributed by atoms with Crippen molar-refractivity contribution in [1.82, 2.24) is 14.5 Å². The van der Waals surface area contributed by atoms with Crippen molar-refractivity contribution in [2.75, 3.05) is 10.6 Å². The Balaban J connectivity index is 1.63. The smallest absolute Gasteiger partial charge is 0.293 e. The summed E-state index contributed by atoms with van der Waals surface area (Å²) in [7, 11) is 1.69. The van der Waals surface area contributed by atoms with Crippen LogP contribution in [-0.4, -0.2) is 20.4 Å². The van der Waals surface area contributed by atoms with E-state index in [0.717, 1.165) is 16.8 Å². The van der Waals surface area contributed by atoms with E-state index in [-0.39, 0.29) is 22.7 Å². The van der Waals surface area contributed by atoms with E-state index in [1.165, 1.54) is 10.1 Å². The maximum atomic E-state index is 12.9. The standard InChI is InChI=1S/C28H29N5O2/c1-18-22(24-17-33(5)27(35)25(31-24)30-21-13-15-29-16-14-21)7-6-8-23(18)32-26(34)19-9-11-20(12-10-19)28(2,3)4/h6-17H,1-5H3,(H,32,34)(H,29,30,31). The molecule has 4 rings (SSSR count). The average molecular weight is 468 g/mol. The van der Waals surface area contributed by atoms with E-state index in [0.29, 0.717) is 16.9 Å². The number of hydrogen-bond acceptors (Lipinski definition) is 5. The Morgan fingerprint density at radius 2 is 1.66 bits per heavy atom. The van der Waals surface area contributed by atoms with Crippen LogP contribution < -0.4 is 16.2 Å². The van der Waals surface area contributed by atoms with E-state index in [2.05, 4.69) is 41.4 Å². The number of aromatic nitrogens is 3. The molecule has 7 nitrogen and oxygen atoms in total. The molecule has 178 valence electrons. The topological polar surface area (TPSA) is 88.9 Å². The lowest BCUT2D eigenvalue weighted by molar-refractivity contribution is 0.102. The second kappa shape index (κ2) is 9.54. The zero-order chi connectivity index (χ0) is 25.2. The van der Waals surface area contributed by atoms with Crippen LogP contribution >= 0.6 is 0 Å². The quantitative estimate of drug-likeness (QED) is 0.408. The van der Waals surface area contributed by atoms with Crippen LogP contribution in [0, 0.1) is 6.92 Å². The second-order valence-corrected chi connectivity index (χ2v) is 9.51. The number of nitrogens with one attached hydrogen (secondary N) is 2. The predicted octanol–water partition coefficient (Wildman–Crippen LogP) is 5.44. The highest BCUT2D eigenvalue weighted by molar-refractivity contribution is 6.05. The van der Waals surface area contributed by atoms with Gasteiger partial charge >= 0.3 is 0 Å². The first-order chi connectivity index (χ1) is 16.6. The molecule has 0 aliphatic rings. The fourth-order valence-electron chi connectivity index (χ4n) is 3.75. The van der Waals surface area contributed by atoms with Gasteiger partial charge in [0, 0.05) is 48.1 Å². The Labute approximate surface area is 204 Å². The number of carbonyl (C=O) groups excluding carboxylic acids is 1. The lowest BCUT2D eigenvalue weighted by Crippen LogP contribution is -2.21. The maximum absolute atomic E-state index is 12.9. The van der Waals surface area contributed by atoms with Crippen LogP contribution in [0.5, 0.6) is 0 Å². The van der Waals surface area contributed by atoms with E-state index in [9.17, 15) is 9.59 Å². The zero-order valence-electron chi connectivity index (χ0n) is 20.6. The molecule has 0 unspecified atom stereocenters. The Morgan fingerprint density at radius 1 is 0.971 bits per heavy atom. The van der Waals surface area contributed by atoms with Crippen LogP contribution in [0.2, 0.25) is 0 Å². The van der Waals surface area contributed by atoms with Gasteiger partial charge in [0.25, 0.3) is 11.5 Å². The first-order valence-electron chi connectivity index (χ1n) is 11.4. The molecule has 0 saturated carbocycles. The van der Waals surface area contributed by atoms with Crippen molar-refractivity contribution in [3.05, 3.63) is 100 Å². The lowest BCUT2D eigenvalue weighted by Gasteiger charge is -2.19. The Kier molecular flexibility index (Phi) is 6.51. The van der Waals surface area contributed by atoms with Gasteiger partial charge in [-0.3, -0.25) is 14.6 Å². The van der Waals surface area contributed by atoms with Crippen LogP contribution in [-0.2, 0) is 12.5 Å². The van der Waals surface area contributed by atoms with Crippen molar-refractivity contribution in [2.45, 2.75) is 33.1 Å². The third-order valence-corrected chi connectivity index (χ3v) is 5.89. The number of amides is 1. The lowest BCUT2D eigenvalue weighted by atomic mass is 9.86. The minimum atomic E-state index is -0.244. The summed E-state index contributed by atoms with van der Waals surface area (Å²) in [6.45, 7) is 8.35. The van der Waals surface area contributed by atoms with Crippen LogP contribution in [0.4, 0.5) is 17.2 Å². The minimum absolute atomic E-state index is 0.0216. The van der Waals surface area contributed by atoms with E-state index >= 15 is 0 Å². The molecule has 7 heteroatoms. The Morgan fingerprint density at radius 3 is 2.31 bits per heavy atom. The Bertz CT molecular complexity index is 1420. The fourth-order valence-corrected chi connectivity index (χ4v) is 3.75. The molecule has 4 aromatic rings. The van der Waals surface area contributed by atoms with Gasteiger partial charge in [0.15, 0.2) is 5.82 Å². The summed E-state index contributed by atoms with van der Waals surface area (Å²) in [5, 5.41) is 6.09. The summed E-state index contributed by atoms with van der Waals surface area (Å²) in [5.41, 5.74) is 5.23. The third-order valence-electron chi connectivity index (χ3n) is 5.89. The van der Waals surface area contributed by atoms with E-state index in [4.69, 9.17) is 0 Å². The molecule has 1 amide bonds. The number of carbonyl (C=O) groups is 1. The molecule has 0 aliphatic carbocycles. The number of anilines is 3. The molecular formula is C28H29N5O2. The molecule has 0 fully saturated rings. The largest absolute Gasteiger partial charge is 0.335 e. The van der Waals surface area contributed by atoms with Crippen LogP contribution in [0.25, 0.3) is 11.3 Å². The van der Waals surface area contributed by atoms with Crippen molar-refractivity contribution in [3.63, 3.8) is 0 Å². The molecule has 0 spiro atoms. The predicted molar refractivity (Wildman–Crippen MR) is 140 cm³/mol. The number of nitrogens with zero attached hydrogens (tertiary/aromatic N) is 3. The number of hydrogen-bond donors (Lipinski definition) is 2. The van der Waals surface area contributed by atoms with E-state index in [1.54, 1.807) is 37.8 Å². The molecule has 0 aliphatic heterocycles. The molecule has 0 atom stereocenters. The molecule has 0 radical (unpaired) electrons. The van der Waals surface area contributed by atoms with E-state index in [1.807, 2.05) is 49.4 Å². The van der Waals surface area contributed by atoms with E-state index < -0.39 is 0 Å². The maximum Gasteiger partial charge on any atom is 0.293 e. The molecular weight excluding hydrogens is 438 g/mol. The average Bonchev–Trinajstić information content (AvgIpc) is 2.83.